The molecule has 0 bridgehead atoms. The summed E-state index contributed by atoms with van der Waals surface area (Å²) in [4.78, 5) is 14.3. The van der Waals surface area contributed by atoms with Gasteiger partial charge in [-0.15, -0.1) is 0 Å². The van der Waals surface area contributed by atoms with Crippen molar-refractivity contribution in [3.63, 3.8) is 0 Å². The van der Waals surface area contributed by atoms with Crippen molar-refractivity contribution in [1.82, 2.24) is 0 Å². The van der Waals surface area contributed by atoms with Crippen LogP contribution in [0, 0.1) is 0 Å². The number of aliphatic hydroxyl groups is 3. The summed E-state index contributed by atoms with van der Waals surface area (Å²) >= 11 is 0. The minimum atomic E-state index is -1.45. The molecule has 2 atom stereocenters. The first kappa shape index (κ1) is 9.78. The molecule has 0 aromatic carbocycles. The molecule has 0 aliphatic carbocycles. The topological polar surface area (TPSA) is 116 Å². The van der Waals surface area contributed by atoms with Crippen molar-refractivity contribution < 1.29 is 35.0 Å². The number of rotatable bonds is 3. The second-order valence-electron chi connectivity index (χ2n) is 2.38. The number of esters is 1. The lowest BCUT2D eigenvalue weighted by Crippen LogP contribution is -2.32. The maximum Gasteiger partial charge on any atom is 0.378 e. The van der Waals surface area contributed by atoms with Gasteiger partial charge in [0.05, 0.1) is 6.61 Å². The highest BCUT2D eigenvalue weighted by molar-refractivity contribution is 5.89. The van der Waals surface area contributed by atoms with Gasteiger partial charge in [-0.05, 0) is 0 Å². The van der Waals surface area contributed by atoms with Crippen LogP contribution in [0.15, 0.2) is 11.5 Å². The summed E-state index contributed by atoms with van der Waals surface area (Å²) in [6.45, 7) is -0.696. The van der Waals surface area contributed by atoms with Crippen molar-refractivity contribution >= 4 is 5.97 Å². The number of carbonyl (C=O) groups excluding carboxylic acids is 1. The predicted octanol–water partition coefficient (Wildman–Crippen LogP) is -1.48. The van der Waals surface area contributed by atoms with Gasteiger partial charge in [0.25, 0.3) is 0 Å². The lowest BCUT2D eigenvalue weighted by atomic mass is 10.2. The number of aliphatic hydroxyl groups excluding tert-OH is 3. The lowest BCUT2D eigenvalue weighted by Gasteiger charge is -2.14. The molecule has 0 spiro atoms. The quantitative estimate of drug-likeness (QED) is 0.245. The molecule has 0 aromatic rings. The zero-order valence-electron chi connectivity index (χ0n) is 6.38. The second kappa shape index (κ2) is 3.60. The maximum atomic E-state index is 10.7. The molecular formula is C6H8O7. The van der Waals surface area contributed by atoms with Crippen LogP contribution >= 0.6 is 0 Å². The molecule has 0 amide bonds. The van der Waals surface area contributed by atoms with E-state index in [0.29, 0.717) is 0 Å². The predicted molar refractivity (Wildman–Crippen MR) is 36.3 cm³/mol. The summed E-state index contributed by atoms with van der Waals surface area (Å²) in [7, 11) is 0. The molecule has 1 aliphatic rings. The smallest absolute Gasteiger partial charge is 0.378 e. The van der Waals surface area contributed by atoms with E-state index in [1.54, 1.807) is 0 Å². The first-order chi connectivity index (χ1) is 6.11. The highest BCUT2D eigenvalue weighted by Crippen LogP contribution is 2.23. The van der Waals surface area contributed by atoms with Crippen LogP contribution in [-0.2, 0) is 14.4 Å². The molecule has 0 radical (unpaired) electrons. The molecule has 13 heavy (non-hydrogen) atoms. The average molecular weight is 192 g/mol. The standard InChI is InChI=1S/C6H8O7/c7-1-2(8)4-5(13-11)3(9)6(10)12-4/h2,4,7-9,11H,1H2. The third kappa shape index (κ3) is 1.57. The highest BCUT2D eigenvalue weighted by Gasteiger charge is 2.41. The van der Waals surface area contributed by atoms with Crippen molar-refractivity contribution in [3.05, 3.63) is 11.5 Å². The van der Waals surface area contributed by atoms with E-state index in [2.05, 4.69) is 9.62 Å². The van der Waals surface area contributed by atoms with Crippen molar-refractivity contribution in [2.24, 2.45) is 0 Å². The molecule has 1 rings (SSSR count). The Balaban J connectivity index is 2.86. The summed E-state index contributed by atoms with van der Waals surface area (Å²) in [6.07, 6.45) is -2.82. The number of cyclic esters (lactones) is 1. The number of hydrogen-bond donors (Lipinski definition) is 4. The van der Waals surface area contributed by atoms with Gasteiger partial charge >= 0.3 is 5.97 Å². The monoisotopic (exact) mass is 192 g/mol. The molecule has 7 heteroatoms. The SMILES string of the molecule is O=C1OC(C(O)CO)C(OO)=C1O. The van der Waals surface area contributed by atoms with Gasteiger partial charge in [0.1, 0.15) is 6.10 Å². The van der Waals surface area contributed by atoms with Crippen LogP contribution in [0.4, 0.5) is 0 Å². The van der Waals surface area contributed by atoms with Gasteiger partial charge in [-0.2, -0.15) is 0 Å². The van der Waals surface area contributed by atoms with Crippen molar-refractivity contribution in [1.29, 1.82) is 0 Å². The number of hydrogen-bond acceptors (Lipinski definition) is 7. The van der Waals surface area contributed by atoms with Gasteiger partial charge in [-0.1, -0.05) is 0 Å². The van der Waals surface area contributed by atoms with Gasteiger partial charge < -0.3 is 24.9 Å². The Morgan fingerprint density at radius 3 is 2.69 bits per heavy atom. The van der Waals surface area contributed by atoms with E-state index in [4.69, 9.17) is 20.6 Å². The van der Waals surface area contributed by atoms with Crippen LogP contribution in [0.5, 0.6) is 0 Å². The largest absolute Gasteiger partial charge is 0.499 e. The summed E-state index contributed by atoms with van der Waals surface area (Å²) < 4.78 is 4.37. The molecule has 4 N–H and O–H groups in total. The van der Waals surface area contributed by atoms with Crippen LogP contribution in [-0.4, -0.2) is 45.4 Å². The molecule has 0 fully saturated rings. The average Bonchev–Trinajstić information content (AvgIpc) is 2.42. The Labute approximate surface area is 72.4 Å². The van der Waals surface area contributed by atoms with Crippen LogP contribution < -0.4 is 0 Å². The fraction of sp³-hybridized carbons (Fsp3) is 0.500. The van der Waals surface area contributed by atoms with Crippen LogP contribution in [0.3, 0.4) is 0 Å². The van der Waals surface area contributed by atoms with Gasteiger partial charge in [-0.3, -0.25) is 0 Å². The molecule has 0 aromatic heterocycles. The minimum Gasteiger partial charge on any atom is -0.499 e. The van der Waals surface area contributed by atoms with Gasteiger partial charge in [-0.25, -0.2) is 10.1 Å². The van der Waals surface area contributed by atoms with E-state index < -0.39 is 36.3 Å². The second-order valence-corrected chi connectivity index (χ2v) is 2.38. The Hall–Kier alpha value is -1.31. The zero-order chi connectivity index (χ0) is 10.0. The maximum absolute atomic E-state index is 10.7. The van der Waals surface area contributed by atoms with Crippen molar-refractivity contribution in [3.8, 4) is 0 Å². The number of carbonyl (C=O) groups is 1. The third-order valence-electron chi connectivity index (χ3n) is 1.55. The normalized spacial score (nSPS) is 24.5. The van der Waals surface area contributed by atoms with Gasteiger partial charge in [0.2, 0.25) is 11.5 Å². The van der Waals surface area contributed by atoms with E-state index >= 15 is 0 Å². The van der Waals surface area contributed by atoms with Crippen LogP contribution in [0.1, 0.15) is 0 Å². The summed E-state index contributed by atoms with van der Waals surface area (Å²) in [5, 5.41) is 34.7. The fourth-order valence-corrected chi connectivity index (χ4v) is 0.904. The molecule has 0 saturated carbocycles. The molecule has 1 aliphatic heterocycles. The molecule has 0 saturated heterocycles. The minimum absolute atomic E-state index is 0.605. The highest BCUT2D eigenvalue weighted by atomic mass is 17.1. The first-order valence-corrected chi connectivity index (χ1v) is 3.36. The summed E-state index contributed by atoms with van der Waals surface area (Å²) in [5.74, 6) is -2.65. The van der Waals surface area contributed by atoms with E-state index in [1.807, 2.05) is 0 Å². The molecular weight excluding hydrogens is 184 g/mol. The van der Waals surface area contributed by atoms with Crippen molar-refractivity contribution in [2.45, 2.75) is 12.2 Å². The van der Waals surface area contributed by atoms with E-state index in [0.717, 1.165) is 0 Å². The Morgan fingerprint density at radius 1 is 1.62 bits per heavy atom. The third-order valence-corrected chi connectivity index (χ3v) is 1.55. The zero-order valence-corrected chi connectivity index (χ0v) is 6.38. The van der Waals surface area contributed by atoms with E-state index in [9.17, 15) is 4.79 Å². The molecule has 1 heterocycles. The van der Waals surface area contributed by atoms with Crippen LogP contribution in [0.25, 0.3) is 0 Å². The fourth-order valence-electron chi connectivity index (χ4n) is 0.904. The first-order valence-electron chi connectivity index (χ1n) is 3.36. The van der Waals surface area contributed by atoms with E-state index in [-0.39, 0.29) is 0 Å². The Bertz CT molecular complexity index is 245. The van der Waals surface area contributed by atoms with Gasteiger partial charge in [0.15, 0.2) is 6.10 Å². The molecule has 7 nitrogen and oxygen atoms in total. The van der Waals surface area contributed by atoms with Gasteiger partial charge in [0, 0.05) is 0 Å². The summed E-state index contributed by atoms with van der Waals surface area (Å²) in [5.41, 5.74) is 0. The summed E-state index contributed by atoms with van der Waals surface area (Å²) in [6, 6.07) is 0. The Kier molecular flexibility index (Phi) is 2.71. The van der Waals surface area contributed by atoms with E-state index in [1.165, 1.54) is 0 Å². The molecule has 2 unspecified atom stereocenters. The van der Waals surface area contributed by atoms with Crippen LogP contribution in [0.2, 0.25) is 0 Å². The molecule has 74 valence electrons. The lowest BCUT2D eigenvalue weighted by molar-refractivity contribution is -0.221. The number of ether oxygens (including phenoxy) is 1. The Morgan fingerprint density at radius 2 is 2.23 bits per heavy atom. The van der Waals surface area contributed by atoms with Crippen molar-refractivity contribution in [2.75, 3.05) is 6.61 Å².